The van der Waals surface area contributed by atoms with Crippen LogP contribution in [0.5, 0.6) is 0 Å². The van der Waals surface area contributed by atoms with Gasteiger partial charge in [0.1, 0.15) is 0 Å². The second-order valence-corrected chi connectivity index (χ2v) is 7.79. The molecule has 4 rings (SSSR count). The number of carboxylic acid groups (broad SMARTS) is 1. The number of aromatic nitrogens is 4. The average Bonchev–Trinajstić information content (AvgIpc) is 3.22. The number of carbonyl (C=O) groups is 1. The molecule has 0 saturated carbocycles. The molecule has 0 atom stereocenters. The van der Waals surface area contributed by atoms with Crippen molar-refractivity contribution in [1.82, 2.24) is 25.1 Å². The lowest BCUT2D eigenvalue weighted by molar-refractivity contribution is 0.193. The lowest BCUT2D eigenvalue weighted by Crippen LogP contribution is -2.35. The summed E-state index contributed by atoms with van der Waals surface area (Å²) in [6, 6.07) is 11.2. The van der Waals surface area contributed by atoms with Gasteiger partial charge in [-0.2, -0.15) is 0 Å². The minimum Gasteiger partial charge on any atom is -0.465 e. The Balaban J connectivity index is 1.65. The topological polar surface area (TPSA) is 116 Å². The van der Waals surface area contributed by atoms with Crippen LogP contribution in [0.1, 0.15) is 35.8 Å². The standard InChI is InChI=1S/C21H23ClN6O3/c22-16-4-5-18(15(11-16)13-29)28-19(12-24-21(30)31)25-26-20(28)27-9-6-14(7-10-27)17-3-1-2-8-23-17/h1-5,8,11,14,24,29H,6-7,9-10,12-13H2,(H,30,31). The molecule has 1 aliphatic heterocycles. The number of piperidine rings is 1. The van der Waals surface area contributed by atoms with Gasteiger partial charge in [-0.05, 0) is 43.2 Å². The first-order chi connectivity index (χ1) is 15.1. The molecule has 2 aromatic heterocycles. The third-order valence-corrected chi connectivity index (χ3v) is 5.68. The summed E-state index contributed by atoms with van der Waals surface area (Å²) in [5.41, 5.74) is 2.37. The molecule has 10 heteroatoms. The zero-order chi connectivity index (χ0) is 21.8. The fourth-order valence-corrected chi connectivity index (χ4v) is 4.11. The summed E-state index contributed by atoms with van der Waals surface area (Å²) in [6.45, 7) is 1.28. The van der Waals surface area contributed by atoms with Crippen LogP contribution in [0.15, 0.2) is 42.6 Å². The second-order valence-electron chi connectivity index (χ2n) is 7.36. The van der Waals surface area contributed by atoms with Gasteiger partial charge in [-0.1, -0.05) is 17.7 Å². The van der Waals surface area contributed by atoms with Crippen molar-refractivity contribution in [2.45, 2.75) is 31.9 Å². The Bertz CT molecular complexity index is 1050. The van der Waals surface area contributed by atoms with E-state index in [4.69, 9.17) is 16.7 Å². The number of rotatable bonds is 6. The molecule has 1 amide bonds. The second kappa shape index (κ2) is 9.32. The summed E-state index contributed by atoms with van der Waals surface area (Å²) in [7, 11) is 0. The van der Waals surface area contributed by atoms with Crippen LogP contribution >= 0.6 is 11.6 Å². The Morgan fingerprint density at radius 2 is 2.00 bits per heavy atom. The molecular weight excluding hydrogens is 420 g/mol. The van der Waals surface area contributed by atoms with E-state index in [9.17, 15) is 9.90 Å². The molecule has 1 aliphatic rings. The van der Waals surface area contributed by atoms with E-state index in [1.54, 1.807) is 22.8 Å². The van der Waals surface area contributed by atoms with Gasteiger partial charge in [0, 0.05) is 41.5 Å². The van der Waals surface area contributed by atoms with E-state index in [-0.39, 0.29) is 13.2 Å². The van der Waals surface area contributed by atoms with Crippen LogP contribution in [0.2, 0.25) is 5.02 Å². The maximum Gasteiger partial charge on any atom is 0.405 e. The van der Waals surface area contributed by atoms with Gasteiger partial charge in [0.05, 0.1) is 18.8 Å². The van der Waals surface area contributed by atoms with E-state index in [0.717, 1.165) is 31.6 Å². The van der Waals surface area contributed by atoms with Crippen LogP contribution in [-0.4, -0.2) is 49.1 Å². The molecule has 1 fully saturated rings. The van der Waals surface area contributed by atoms with Crippen molar-refractivity contribution in [1.29, 1.82) is 0 Å². The van der Waals surface area contributed by atoms with Crippen LogP contribution in [0.4, 0.5) is 10.7 Å². The van der Waals surface area contributed by atoms with Gasteiger partial charge in [0.2, 0.25) is 5.95 Å². The molecule has 0 spiro atoms. The van der Waals surface area contributed by atoms with E-state index < -0.39 is 6.09 Å². The summed E-state index contributed by atoms with van der Waals surface area (Å²) in [4.78, 5) is 17.6. The van der Waals surface area contributed by atoms with Crippen molar-refractivity contribution in [3.8, 4) is 5.69 Å². The van der Waals surface area contributed by atoms with Crippen LogP contribution < -0.4 is 10.2 Å². The van der Waals surface area contributed by atoms with Crippen LogP contribution in [0.25, 0.3) is 5.69 Å². The summed E-state index contributed by atoms with van der Waals surface area (Å²) >= 11 is 6.10. The molecular formula is C21H23ClN6O3. The fourth-order valence-electron chi connectivity index (χ4n) is 3.92. The number of benzene rings is 1. The Labute approximate surface area is 184 Å². The van der Waals surface area contributed by atoms with E-state index in [2.05, 4.69) is 31.5 Å². The van der Waals surface area contributed by atoms with Crippen LogP contribution in [0, 0.1) is 0 Å². The third-order valence-electron chi connectivity index (χ3n) is 5.45. The fraction of sp³-hybridized carbons (Fsp3) is 0.333. The molecule has 0 radical (unpaired) electrons. The Morgan fingerprint density at radius 1 is 1.19 bits per heavy atom. The first-order valence-corrected chi connectivity index (χ1v) is 10.4. The predicted octanol–water partition coefficient (Wildman–Crippen LogP) is 2.96. The van der Waals surface area contributed by atoms with E-state index in [1.165, 1.54) is 0 Å². The normalized spacial score (nSPS) is 14.6. The van der Waals surface area contributed by atoms with Crippen molar-refractivity contribution < 1.29 is 15.0 Å². The molecule has 1 saturated heterocycles. The lowest BCUT2D eigenvalue weighted by atomic mass is 9.93. The number of nitrogens with zero attached hydrogens (tertiary/aromatic N) is 5. The molecule has 0 unspecified atom stereocenters. The number of pyridine rings is 1. The van der Waals surface area contributed by atoms with Gasteiger partial charge in [0.25, 0.3) is 0 Å². The Kier molecular flexibility index (Phi) is 6.34. The van der Waals surface area contributed by atoms with E-state index in [1.807, 2.05) is 18.3 Å². The van der Waals surface area contributed by atoms with Gasteiger partial charge in [-0.25, -0.2) is 4.79 Å². The molecule has 162 valence electrons. The Hall–Kier alpha value is -3.17. The SMILES string of the molecule is O=C(O)NCc1nnc(N2CCC(c3ccccn3)CC2)n1-c1ccc(Cl)cc1CO. The molecule has 1 aromatic carbocycles. The summed E-state index contributed by atoms with van der Waals surface area (Å²) < 4.78 is 1.79. The minimum atomic E-state index is -1.15. The number of amides is 1. The van der Waals surface area contributed by atoms with Gasteiger partial charge in [-0.15, -0.1) is 10.2 Å². The quantitative estimate of drug-likeness (QED) is 0.537. The minimum absolute atomic E-state index is 0.0137. The van der Waals surface area contributed by atoms with Gasteiger partial charge < -0.3 is 20.4 Å². The van der Waals surface area contributed by atoms with E-state index in [0.29, 0.717) is 34.0 Å². The van der Waals surface area contributed by atoms with Gasteiger partial charge in [0.15, 0.2) is 5.82 Å². The zero-order valence-electron chi connectivity index (χ0n) is 16.8. The highest BCUT2D eigenvalue weighted by molar-refractivity contribution is 6.30. The first kappa shape index (κ1) is 21.1. The maximum absolute atomic E-state index is 11.0. The smallest absolute Gasteiger partial charge is 0.405 e. The summed E-state index contributed by atoms with van der Waals surface area (Å²) in [6.07, 6.45) is 2.50. The van der Waals surface area contributed by atoms with Crippen molar-refractivity contribution in [3.05, 3.63) is 64.7 Å². The molecule has 0 bridgehead atoms. The van der Waals surface area contributed by atoms with Crippen molar-refractivity contribution in [2.24, 2.45) is 0 Å². The Morgan fingerprint density at radius 3 is 2.68 bits per heavy atom. The lowest BCUT2D eigenvalue weighted by Gasteiger charge is -2.32. The van der Waals surface area contributed by atoms with Gasteiger partial charge in [-0.3, -0.25) is 9.55 Å². The van der Waals surface area contributed by atoms with Gasteiger partial charge >= 0.3 is 6.09 Å². The molecule has 3 N–H and O–H groups in total. The van der Waals surface area contributed by atoms with Crippen molar-refractivity contribution >= 4 is 23.6 Å². The van der Waals surface area contributed by atoms with E-state index >= 15 is 0 Å². The third kappa shape index (κ3) is 4.62. The predicted molar refractivity (Wildman–Crippen MR) is 116 cm³/mol. The molecule has 9 nitrogen and oxygen atoms in total. The highest BCUT2D eigenvalue weighted by Gasteiger charge is 2.27. The summed E-state index contributed by atoms with van der Waals surface area (Å²) in [5, 5.41) is 30.3. The number of nitrogens with one attached hydrogen (secondary N) is 1. The molecule has 0 aliphatic carbocycles. The number of anilines is 1. The monoisotopic (exact) mass is 442 g/mol. The number of hydrogen-bond acceptors (Lipinski definition) is 6. The molecule has 3 heterocycles. The average molecular weight is 443 g/mol. The van der Waals surface area contributed by atoms with Crippen molar-refractivity contribution in [2.75, 3.05) is 18.0 Å². The van der Waals surface area contributed by atoms with Crippen LogP contribution in [-0.2, 0) is 13.2 Å². The number of aliphatic hydroxyl groups excluding tert-OH is 1. The number of aliphatic hydroxyl groups is 1. The molecule has 3 aromatic rings. The van der Waals surface area contributed by atoms with Crippen molar-refractivity contribution in [3.63, 3.8) is 0 Å². The number of halogens is 1. The highest BCUT2D eigenvalue weighted by Crippen LogP contribution is 2.31. The first-order valence-electron chi connectivity index (χ1n) is 10.0. The largest absolute Gasteiger partial charge is 0.465 e. The molecule has 31 heavy (non-hydrogen) atoms. The maximum atomic E-state index is 11.0. The van der Waals surface area contributed by atoms with Crippen LogP contribution in [0.3, 0.4) is 0 Å². The highest BCUT2D eigenvalue weighted by atomic mass is 35.5. The number of hydrogen-bond donors (Lipinski definition) is 3. The zero-order valence-corrected chi connectivity index (χ0v) is 17.5. The summed E-state index contributed by atoms with van der Waals surface area (Å²) in [5.74, 6) is 1.42.